The molecule has 3 aliphatic rings. The van der Waals surface area contributed by atoms with Crippen LogP contribution >= 0.6 is 11.3 Å². The Balaban J connectivity index is 0.942. The molecule has 57 heavy (non-hydrogen) atoms. The van der Waals surface area contributed by atoms with Crippen molar-refractivity contribution < 1.29 is 9.15 Å². The highest BCUT2D eigenvalue weighted by Gasteiger charge is 2.44. The minimum absolute atomic E-state index is 0.195. The van der Waals surface area contributed by atoms with Crippen molar-refractivity contribution in [2.45, 2.75) is 11.8 Å². The molecule has 0 amide bonds. The van der Waals surface area contributed by atoms with Crippen LogP contribution in [0.1, 0.15) is 28.5 Å². The number of hydrogen-bond donors (Lipinski definition) is 0. The maximum Gasteiger partial charge on any atom is 0.165 e. The van der Waals surface area contributed by atoms with Crippen LogP contribution in [-0.4, -0.2) is 15.0 Å². The number of ether oxygens (including phenoxy) is 1. The first-order valence-corrected chi connectivity index (χ1v) is 20.1. The zero-order valence-electron chi connectivity index (χ0n) is 30.3. The van der Waals surface area contributed by atoms with Gasteiger partial charge >= 0.3 is 0 Å². The Kier molecular flexibility index (Phi) is 6.37. The normalized spacial score (nSPS) is 16.4. The SMILES string of the molecule is C1=C(c2ccc(-c3nc(-c4ccc5c(c4)oc4ccccc45)nc(-c4cccc5c4sc4ccccc45)n3)cc2)C=C2Oc3cccc4c3C2[C@H]1c1ccccc1-4. The number of hydrogen-bond acceptors (Lipinski definition) is 6. The zero-order chi connectivity index (χ0) is 37.2. The van der Waals surface area contributed by atoms with Gasteiger partial charge in [-0.25, -0.2) is 15.0 Å². The number of fused-ring (bicyclic) bond motifs is 9. The molecule has 1 aliphatic heterocycles. The summed E-state index contributed by atoms with van der Waals surface area (Å²) in [7, 11) is 0. The number of rotatable bonds is 4. The molecule has 0 spiro atoms. The standard InChI is InChI=1S/C51H29N3O2S/c1-2-10-33-32(9-1)37-13-8-17-42-46(37)47-40(33)25-31(27-44(47)56-42)28-19-21-29(22-20-28)49-52-50(30-23-24-35-34-11-3-5-16-41(34)55-43(35)26-30)54-51(53-49)39-15-7-14-38-36-12-4-6-18-45(36)57-48(38)39/h1-27,40,47H/t40-,47?/m1/s1. The molecule has 266 valence electrons. The number of benzene rings is 7. The lowest BCUT2D eigenvalue weighted by atomic mass is 9.68. The fourth-order valence-corrected chi connectivity index (χ4v) is 10.5. The Bertz CT molecular complexity index is 3410. The maximum atomic E-state index is 6.57. The van der Waals surface area contributed by atoms with Crippen molar-refractivity contribution in [1.29, 1.82) is 0 Å². The van der Waals surface area contributed by atoms with Gasteiger partial charge in [0, 0.05) is 59.1 Å². The Morgan fingerprint density at radius 3 is 2.12 bits per heavy atom. The van der Waals surface area contributed by atoms with Crippen molar-refractivity contribution in [2.24, 2.45) is 0 Å². The molecule has 6 heteroatoms. The molecule has 7 aromatic carbocycles. The van der Waals surface area contributed by atoms with Crippen LogP contribution in [0.2, 0.25) is 0 Å². The molecule has 0 bridgehead atoms. The van der Waals surface area contributed by atoms with Crippen LogP contribution in [0.5, 0.6) is 5.75 Å². The van der Waals surface area contributed by atoms with Gasteiger partial charge in [0.25, 0.3) is 0 Å². The monoisotopic (exact) mass is 747 g/mol. The highest BCUT2D eigenvalue weighted by atomic mass is 32.1. The van der Waals surface area contributed by atoms with Gasteiger partial charge in [-0.3, -0.25) is 0 Å². The van der Waals surface area contributed by atoms with E-state index < -0.39 is 0 Å². The Hall–Kier alpha value is -7.15. The average Bonchev–Trinajstić information content (AvgIpc) is 3.97. The largest absolute Gasteiger partial charge is 0.461 e. The number of thiophene rings is 1. The predicted octanol–water partition coefficient (Wildman–Crippen LogP) is 13.4. The molecular weight excluding hydrogens is 719 g/mol. The molecule has 2 atom stereocenters. The van der Waals surface area contributed by atoms with Gasteiger partial charge in [-0.2, -0.15) is 0 Å². The molecule has 4 heterocycles. The van der Waals surface area contributed by atoms with Crippen LogP contribution in [0.4, 0.5) is 0 Å². The zero-order valence-corrected chi connectivity index (χ0v) is 31.1. The van der Waals surface area contributed by atoms with E-state index in [1.54, 1.807) is 11.3 Å². The summed E-state index contributed by atoms with van der Waals surface area (Å²) in [5.41, 5.74) is 11.9. The average molecular weight is 748 g/mol. The van der Waals surface area contributed by atoms with E-state index in [0.29, 0.717) is 17.5 Å². The van der Waals surface area contributed by atoms with Crippen molar-refractivity contribution in [3.63, 3.8) is 0 Å². The van der Waals surface area contributed by atoms with E-state index in [2.05, 4.69) is 140 Å². The van der Waals surface area contributed by atoms with Crippen molar-refractivity contribution in [3.8, 4) is 51.0 Å². The number of nitrogens with zero attached hydrogens (tertiary/aromatic N) is 3. The molecule has 0 N–H and O–H groups in total. The molecule has 0 radical (unpaired) electrons. The minimum atomic E-state index is 0.195. The van der Waals surface area contributed by atoms with E-state index in [4.69, 9.17) is 24.1 Å². The van der Waals surface area contributed by atoms with Crippen LogP contribution in [0.3, 0.4) is 0 Å². The molecule has 5 nitrogen and oxygen atoms in total. The van der Waals surface area contributed by atoms with Gasteiger partial charge in [-0.1, -0.05) is 121 Å². The topological polar surface area (TPSA) is 61.0 Å². The van der Waals surface area contributed by atoms with Gasteiger partial charge in [0.15, 0.2) is 17.5 Å². The van der Waals surface area contributed by atoms with Gasteiger partial charge in [0.2, 0.25) is 0 Å². The first kappa shape index (κ1) is 31.1. The molecule has 3 aromatic heterocycles. The van der Waals surface area contributed by atoms with Crippen molar-refractivity contribution in [1.82, 2.24) is 15.0 Å². The Morgan fingerprint density at radius 2 is 1.19 bits per heavy atom. The van der Waals surface area contributed by atoms with Gasteiger partial charge in [-0.05, 0) is 70.3 Å². The molecule has 0 saturated heterocycles. The number of aromatic nitrogens is 3. The molecule has 1 unspecified atom stereocenters. The van der Waals surface area contributed by atoms with Crippen molar-refractivity contribution >= 4 is 59.0 Å². The molecule has 13 rings (SSSR count). The third kappa shape index (κ3) is 4.59. The highest BCUT2D eigenvalue weighted by Crippen LogP contribution is 2.59. The summed E-state index contributed by atoms with van der Waals surface area (Å²) in [4.78, 5) is 15.5. The van der Waals surface area contributed by atoms with Crippen LogP contribution < -0.4 is 4.74 Å². The summed E-state index contributed by atoms with van der Waals surface area (Å²) < 4.78 is 15.3. The van der Waals surface area contributed by atoms with E-state index in [1.165, 1.54) is 37.7 Å². The molecule has 0 saturated carbocycles. The summed E-state index contributed by atoms with van der Waals surface area (Å²) in [6.07, 6.45) is 4.66. The summed E-state index contributed by atoms with van der Waals surface area (Å²) in [5.74, 6) is 4.23. The Morgan fingerprint density at radius 1 is 0.509 bits per heavy atom. The number of furan rings is 1. The first-order chi connectivity index (χ1) is 28.2. The third-order valence-electron chi connectivity index (χ3n) is 11.9. The van der Waals surface area contributed by atoms with Crippen LogP contribution in [0, 0.1) is 0 Å². The predicted molar refractivity (Wildman–Crippen MR) is 230 cm³/mol. The molecule has 2 aliphatic carbocycles. The lowest BCUT2D eigenvalue weighted by Gasteiger charge is -2.33. The van der Waals surface area contributed by atoms with Gasteiger partial charge in [0.1, 0.15) is 22.7 Å². The quantitative estimate of drug-likeness (QED) is 0.179. The van der Waals surface area contributed by atoms with E-state index >= 15 is 0 Å². The second kappa shape index (κ2) is 11.7. The molecule has 0 fully saturated rings. The van der Waals surface area contributed by atoms with Gasteiger partial charge < -0.3 is 9.15 Å². The number of allylic oxidation sites excluding steroid dienone is 4. The summed E-state index contributed by atoms with van der Waals surface area (Å²) in [6, 6.07) is 53.2. The highest BCUT2D eigenvalue weighted by molar-refractivity contribution is 7.26. The number of para-hydroxylation sites is 1. The minimum Gasteiger partial charge on any atom is -0.461 e. The maximum absolute atomic E-state index is 6.57. The van der Waals surface area contributed by atoms with Crippen LogP contribution in [0.15, 0.2) is 174 Å². The molecule has 10 aromatic rings. The lowest BCUT2D eigenvalue weighted by molar-refractivity contribution is 0.417. The van der Waals surface area contributed by atoms with Crippen LogP contribution in [-0.2, 0) is 0 Å². The smallest absolute Gasteiger partial charge is 0.165 e. The van der Waals surface area contributed by atoms with Crippen LogP contribution in [0.25, 0.3) is 93.0 Å². The summed E-state index contributed by atoms with van der Waals surface area (Å²) in [5, 5.41) is 4.60. The fraction of sp³-hybridized carbons (Fsp3) is 0.0392. The van der Waals surface area contributed by atoms with E-state index in [1.807, 2.05) is 24.3 Å². The van der Waals surface area contributed by atoms with E-state index in [9.17, 15) is 0 Å². The van der Waals surface area contributed by atoms with Gasteiger partial charge in [0.05, 0.1) is 5.92 Å². The second-order valence-electron chi connectivity index (χ2n) is 15.1. The van der Waals surface area contributed by atoms with Crippen molar-refractivity contribution in [3.05, 3.63) is 186 Å². The fourth-order valence-electron chi connectivity index (χ4n) is 9.32. The van der Waals surface area contributed by atoms with E-state index in [0.717, 1.165) is 66.0 Å². The van der Waals surface area contributed by atoms with Gasteiger partial charge in [-0.15, -0.1) is 11.3 Å². The lowest BCUT2D eigenvalue weighted by Crippen LogP contribution is -2.18. The first-order valence-electron chi connectivity index (χ1n) is 19.2. The molecular formula is C51H29N3O2S. The summed E-state index contributed by atoms with van der Waals surface area (Å²) in [6.45, 7) is 0. The van der Waals surface area contributed by atoms with E-state index in [-0.39, 0.29) is 11.8 Å². The third-order valence-corrected chi connectivity index (χ3v) is 13.2. The second-order valence-corrected chi connectivity index (χ2v) is 16.1. The summed E-state index contributed by atoms with van der Waals surface area (Å²) >= 11 is 1.77. The van der Waals surface area contributed by atoms with Crippen molar-refractivity contribution in [2.75, 3.05) is 0 Å². The Labute approximate surface area is 330 Å².